The van der Waals surface area contributed by atoms with Gasteiger partial charge >= 0.3 is 0 Å². The van der Waals surface area contributed by atoms with E-state index in [1.54, 1.807) is 6.92 Å². The molecule has 2 amide bonds. The van der Waals surface area contributed by atoms with Crippen LogP contribution in [0.25, 0.3) is 0 Å². The van der Waals surface area contributed by atoms with Gasteiger partial charge in [-0.3, -0.25) is 14.5 Å². The fraction of sp³-hybridized carbons (Fsp3) is 0.769. The molecule has 0 aromatic carbocycles. The first-order valence-electron chi connectivity index (χ1n) is 13.1. The average molecular weight is 475 g/mol. The molecular formula is C26H42N4O2S. The Kier molecular flexibility index (Phi) is 8.83. The third kappa shape index (κ3) is 6.80. The van der Waals surface area contributed by atoms with Gasteiger partial charge in [-0.05, 0) is 68.7 Å². The number of amides is 2. The molecule has 1 saturated heterocycles. The zero-order valence-corrected chi connectivity index (χ0v) is 21.0. The second-order valence-corrected chi connectivity index (χ2v) is 11.6. The van der Waals surface area contributed by atoms with Crippen molar-refractivity contribution in [2.75, 3.05) is 13.1 Å². The van der Waals surface area contributed by atoms with Gasteiger partial charge in [-0.15, -0.1) is 11.3 Å². The Balaban J connectivity index is 1.45. The van der Waals surface area contributed by atoms with Crippen LogP contribution in [-0.2, 0) is 16.1 Å². The van der Waals surface area contributed by atoms with E-state index in [0.717, 1.165) is 57.5 Å². The topological polar surface area (TPSA) is 78.7 Å². The van der Waals surface area contributed by atoms with Crippen LogP contribution in [0.3, 0.4) is 0 Å². The van der Waals surface area contributed by atoms with Gasteiger partial charge in [0.25, 0.3) is 0 Å². The summed E-state index contributed by atoms with van der Waals surface area (Å²) in [5.41, 5.74) is 6.05. The smallest absolute Gasteiger partial charge is 0.243 e. The molecule has 3 N–H and O–H groups in total. The molecule has 0 bridgehead atoms. The van der Waals surface area contributed by atoms with E-state index in [0.29, 0.717) is 12.6 Å². The first kappa shape index (κ1) is 24.7. The molecule has 1 aromatic rings. The van der Waals surface area contributed by atoms with Crippen LogP contribution in [0.5, 0.6) is 0 Å². The zero-order valence-electron chi connectivity index (χ0n) is 20.2. The lowest BCUT2D eigenvalue weighted by Crippen LogP contribution is -2.58. The fourth-order valence-corrected chi connectivity index (χ4v) is 6.84. The maximum atomic E-state index is 13.4. The Labute approximate surface area is 203 Å². The molecule has 1 aromatic heterocycles. The second kappa shape index (κ2) is 11.8. The van der Waals surface area contributed by atoms with Crippen molar-refractivity contribution in [3.63, 3.8) is 0 Å². The van der Waals surface area contributed by atoms with Crippen LogP contribution >= 0.6 is 11.3 Å². The van der Waals surface area contributed by atoms with Crippen molar-refractivity contribution < 1.29 is 9.59 Å². The fourth-order valence-electron chi connectivity index (χ4n) is 6.11. The summed E-state index contributed by atoms with van der Waals surface area (Å²) in [6.07, 6.45) is 12.2. The number of piperidine rings is 1. The number of thiophene rings is 1. The number of hydrogen-bond acceptors (Lipinski definition) is 5. The number of rotatable bonds is 7. The van der Waals surface area contributed by atoms with E-state index in [4.69, 9.17) is 5.73 Å². The highest BCUT2D eigenvalue weighted by atomic mass is 32.1. The first-order valence-corrected chi connectivity index (χ1v) is 14.0. The van der Waals surface area contributed by atoms with Crippen molar-refractivity contribution >= 4 is 23.2 Å². The molecular weight excluding hydrogens is 432 g/mol. The lowest BCUT2D eigenvalue weighted by molar-refractivity contribution is -0.142. The van der Waals surface area contributed by atoms with Crippen LogP contribution in [-0.4, -0.2) is 58.9 Å². The van der Waals surface area contributed by atoms with Crippen LogP contribution in [0.1, 0.15) is 82.4 Å². The van der Waals surface area contributed by atoms with Gasteiger partial charge in [0.15, 0.2) is 0 Å². The molecule has 2 aliphatic carbocycles. The number of likely N-dealkylation sites (tertiary alicyclic amines) is 1. The predicted octanol–water partition coefficient (Wildman–Crippen LogP) is 3.90. The Bertz CT molecular complexity index is 756. The van der Waals surface area contributed by atoms with E-state index >= 15 is 0 Å². The van der Waals surface area contributed by atoms with Gasteiger partial charge in [0.05, 0.1) is 0 Å². The monoisotopic (exact) mass is 474 g/mol. The Morgan fingerprint density at radius 2 is 1.88 bits per heavy atom. The van der Waals surface area contributed by atoms with Crippen molar-refractivity contribution in [3.05, 3.63) is 22.4 Å². The van der Waals surface area contributed by atoms with Gasteiger partial charge in [-0.25, -0.2) is 0 Å². The summed E-state index contributed by atoms with van der Waals surface area (Å²) >= 11 is 1.82. The summed E-state index contributed by atoms with van der Waals surface area (Å²) < 4.78 is 0. The maximum absolute atomic E-state index is 13.4. The summed E-state index contributed by atoms with van der Waals surface area (Å²) in [7, 11) is 0. The quantitative estimate of drug-likeness (QED) is 0.628. The van der Waals surface area contributed by atoms with E-state index in [1.807, 2.05) is 16.2 Å². The molecule has 2 atom stereocenters. The molecule has 7 heteroatoms. The molecule has 2 heterocycles. The van der Waals surface area contributed by atoms with Crippen LogP contribution in [0, 0.1) is 5.92 Å². The third-order valence-electron chi connectivity index (χ3n) is 8.07. The lowest BCUT2D eigenvalue weighted by atomic mass is 9.87. The Hall–Kier alpha value is -1.44. The molecule has 0 radical (unpaired) electrons. The van der Waals surface area contributed by atoms with Crippen LogP contribution < -0.4 is 11.1 Å². The molecule has 3 fully saturated rings. The average Bonchev–Trinajstić information content (AvgIpc) is 3.33. The molecule has 6 nitrogen and oxygen atoms in total. The van der Waals surface area contributed by atoms with E-state index in [2.05, 4.69) is 27.7 Å². The van der Waals surface area contributed by atoms with E-state index in [1.165, 1.54) is 37.0 Å². The number of nitrogens with two attached hydrogens (primary N) is 1. The number of carbonyl (C=O) groups is 2. The molecule has 4 rings (SSSR count). The van der Waals surface area contributed by atoms with Crippen molar-refractivity contribution in [1.29, 1.82) is 0 Å². The van der Waals surface area contributed by atoms with Gasteiger partial charge < -0.3 is 16.0 Å². The standard InChI is InChI=1S/C26H42N4O2S/c1-19(31)30-14-13-23(16-25(30)26(32)28-22-11-9-21(27)10-12-22)29(18-24-8-5-15-33-24)17-20-6-3-2-4-7-20/h5,8,15,20-23,25H,2-4,6-7,9-14,16-18,27H2,1H3,(H,28,32)/t21?,22?,23?,25-/m1/s1. The maximum Gasteiger partial charge on any atom is 0.243 e. The molecule has 3 aliphatic rings. The van der Waals surface area contributed by atoms with Crippen molar-refractivity contribution in [2.45, 2.75) is 108 Å². The van der Waals surface area contributed by atoms with Crippen LogP contribution in [0.2, 0.25) is 0 Å². The predicted molar refractivity (Wildman–Crippen MR) is 134 cm³/mol. The van der Waals surface area contributed by atoms with Gasteiger partial charge in [0.2, 0.25) is 11.8 Å². The summed E-state index contributed by atoms with van der Waals surface area (Å²) in [5.74, 6) is 0.795. The largest absolute Gasteiger partial charge is 0.352 e. The minimum absolute atomic E-state index is 0.0105. The molecule has 184 valence electrons. The van der Waals surface area contributed by atoms with Gasteiger partial charge in [-0.1, -0.05) is 25.3 Å². The van der Waals surface area contributed by atoms with E-state index in [9.17, 15) is 9.59 Å². The minimum Gasteiger partial charge on any atom is -0.352 e. The van der Waals surface area contributed by atoms with Crippen molar-refractivity contribution in [3.8, 4) is 0 Å². The SMILES string of the molecule is CC(=O)N1CCC(N(Cc2cccs2)CC2CCCCC2)C[C@@H]1C(=O)NC1CCC(N)CC1. The lowest BCUT2D eigenvalue weighted by Gasteiger charge is -2.44. The highest BCUT2D eigenvalue weighted by molar-refractivity contribution is 7.09. The number of nitrogens with zero attached hydrogens (tertiary/aromatic N) is 2. The van der Waals surface area contributed by atoms with Crippen LogP contribution in [0.15, 0.2) is 17.5 Å². The number of carbonyl (C=O) groups excluding carboxylic acids is 2. The highest BCUT2D eigenvalue weighted by Gasteiger charge is 2.38. The molecule has 1 aliphatic heterocycles. The number of hydrogen-bond donors (Lipinski definition) is 2. The first-order chi connectivity index (χ1) is 16.0. The highest BCUT2D eigenvalue weighted by Crippen LogP contribution is 2.30. The second-order valence-electron chi connectivity index (χ2n) is 10.5. The van der Waals surface area contributed by atoms with Crippen molar-refractivity contribution in [2.24, 2.45) is 11.7 Å². The summed E-state index contributed by atoms with van der Waals surface area (Å²) in [5, 5.41) is 5.43. The Morgan fingerprint density at radius 1 is 1.12 bits per heavy atom. The molecule has 33 heavy (non-hydrogen) atoms. The summed E-state index contributed by atoms with van der Waals surface area (Å²) in [6, 6.07) is 4.77. The molecule has 1 unspecified atom stereocenters. The minimum atomic E-state index is -0.367. The van der Waals surface area contributed by atoms with Crippen LogP contribution in [0.4, 0.5) is 0 Å². The van der Waals surface area contributed by atoms with Gasteiger partial charge in [-0.2, -0.15) is 0 Å². The molecule has 0 spiro atoms. The third-order valence-corrected chi connectivity index (χ3v) is 8.93. The van der Waals surface area contributed by atoms with Gasteiger partial charge in [0.1, 0.15) is 6.04 Å². The number of nitrogens with one attached hydrogen (secondary N) is 1. The normalized spacial score (nSPS) is 29.2. The Morgan fingerprint density at radius 3 is 2.55 bits per heavy atom. The zero-order chi connectivity index (χ0) is 23.2. The summed E-state index contributed by atoms with van der Waals surface area (Å²) in [4.78, 5) is 31.6. The van der Waals surface area contributed by atoms with E-state index < -0.39 is 0 Å². The summed E-state index contributed by atoms with van der Waals surface area (Å²) in [6.45, 7) is 4.33. The molecule has 2 saturated carbocycles. The van der Waals surface area contributed by atoms with E-state index in [-0.39, 0.29) is 29.9 Å². The van der Waals surface area contributed by atoms with Gasteiger partial charge in [0, 0.05) is 49.6 Å². The van der Waals surface area contributed by atoms with Crippen molar-refractivity contribution in [1.82, 2.24) is 15.1 Å².